The van der Waals surface area contributed by atoms with Gasteiger partial charge in [0, 0.05) is 4.47 Å². The largest absolute Gasteiger partial charge is 0.494 e. The van der Waals surface area contributed by atoms with Crippen LogP contribution in [0.3, 0.4) is 0 Å². The third-order valence-corrected chi connectivity index (χ3v) is 4.00. The van der Waals surface area contributed by atoms with Crippen molar-refractivity contribution >= 4 is 39.2 Å². The van der Waals surface area contributed by atoms with E-state index in [2.05, 4.69) is 27.0 Å². The molecule has 0 unspecified atom stereocenters. The van der Waals surface area contributed by atoms with E-state index in [1.807, 2.05) is 34.9 Å². The Labute approximate surface area is 134 Å². The van der Waals surface area contributed by atoms with Crippen molar-refractivity contribution in [3.8, 4) is 17.5 Å². The number of halogens is 1. The zero-order valence-electron chi connectivity index (χ0n) is 11.1. The minimum atomic E-state index is 0.522. The van der Waals surface area contributed by atoms with Gasteiger partial charge in [-0.25, -0.2) is 0 Å². The highest BCUT2D eigenvalue weighted by atomic mass is 79.9. The molecule has 4 nitrogen and oxygen atoms in total. The molecule has 0 saturated carbocycles. The molecule has 1 heterocycles. The second kappa shape index (κ2) is 5.35. The SMILES string of the molecule is COc1cccc2c1[nH]c(=S)n2-c1ccc(Br)cc1C#N. The molecule has 0 saturated heterocycles. The van der Waals surface area contributed by atoms with Crippen LogP contribution in [-0.4, -0.2) is 16.7 Å². The van der Waals surface area contributed by atoms with Gasteiger partial charge in [-0.05, 0) is 42.5 Å². The number of nitrogens with zero attached hydrogens (tertiary/aromatic N) is 2. The van der Waals surface area contributed by atoms with E-state index in [-0.39, 0.29) is 0 Å². The topological polar surface area (TPSA) is 53.7 Å². The number of imidazole rings is 1. The number of hydrogen-bond donors (Lipinski definition) is 1. The molecule has 0 aliphatic carbocycles. The molecule has 3 aromatic rings. The lowest BCUT2D eigenvalue weighted by Gasteiger charge is -2.08. The number of para-hydroxylation sites is 1. The predicted molar refractivity (Wildman–Crippen MR) is 87.4 cm³/mol. The molecular formula is C15H10BrN3OS. The number of benzene rings is 2. The fraction of sp³-hybridized carbons (Fsp3) is 0.0667. The van der Waals surface area contributed by atoms with Gasteiger partial charge in [0.25, 0.3) is 0 Å². The molecule has 6 heteroatoms. The summed E-state index contributed by atoms with van der Waals surface area (Å²) >= 11 is 8.79. The Hall–Kier alpha value is -2.10. The first-order valence-electron chi connectivity index (χ1n) is 6.13. The molecule has 104 valence electrons. The number of nitrogens with one attached hydrogen (secondary N) is 1. The number of methoxy groups -OCH3 is 1. The standard InChI is InChI=1S/C15H10BrN3OS/c1-20-13-4-2-3-12-14(13)18-15(21)19(12)11-6-5-10(16)7-9(11)8-17/h2-7H,1H3,(H,18,21). The molecule has 0 fully saturated rings. The zero-order chi connectivity index (χ0) is 15.0. The molecule has 0 aliphatic heterocycles. The summed E-state index contributed by atoms with van der Waals surface area (Å²) in [4.78, 5) is 3.14. The fourth-order valence-corrected chi connectivity index (χ4v) is 2.97. The Morgan fingerprint density at radius 2 is 2.14 bits per heavy atom. The molecule has 0 aliphatic rings. The Balaban J connectivity index is 2.39. The van der Waals surface area contributed by atoms with Gasteiger partial charge < -0.3 is 9.72 Å². The normalized spacial score (nSPS) is 10.5. The number of nitriles is 1. The summed E-state index contributed by atoms with van der Waals surface area (Å²) in [6, 6.07) is 13.4. The smallest absolute Gasteiger partial charge is 0.182 e. The first-order valence-corrected chi connectivity index (χ1v) is 7.33. The molecule has 0 bridgehead atoms. The first-order chi connectivity index (χ1) is 10.2. The maximum Gasteiger partial charge on any atom is 0.182 e. The van der Waals surface area contributed by atoms with Gasteiger partial charge in [0.05, 0.1) is 23.9 Å². The van der Waals surface area contributed by atoms with Crippen LogP contribution in [0.5, 0.6) is 5.75 Å². The average Bonchev–Trinajstić information content (AvgIpc) is 2.83. The maximum absolute atomic E-state index is 9.35. The summed E-state index contributed by atoms with van der Waals surface area (Å²) in [5.74, 6) is 0.716. The van der Waals surface area contributed by atoms with Crippen molar-refractivity contribution < 1.29 is 4.74 Å². The monoisotopic (exact) mass is 359 g/mol. The molecular weight excluding hydrogens is 350 g/mol. The first kappa shape index (κ1) is 13.9. The highest BCUT2D eigenvalue weighted by molar-refractivity contribution is 9.10. The van der Waals surface area contributed by atoms with E-state index in [9.17, 15) is 5.26 Å². The summed E-state index contributed by atoms with van der Waals surface area (Å²) in [6.07, 6.45) is 0. The van der Waals surface area contributed by atoms with Crippen LogP contribution in [0.1, 0.15) is 5.56 Å². The highest BCUT2D eigenvalue weighted by Gasteiger charge is 2.13. The van der Waals surface area contributed by atoms with Gasteiger partial charge in [0.1, 0.15) is 17.3 Å². The number of hydrogen-bond acceptors (Lipinski definition) is 3. The van der Waals surface area contributed by atoms with Crippen LogP contribution in [0, 0.1) is 16.1 Å². The van der Waals surface area contributed by atoms with Gasteiger partial charge in [0.15, 0.2) is 4.77 Å². The molecule has 0 spiro atoms. The van der Waals surface area contributed by atoms with Crippen LogP contribution in [0.25, 0.3) is 16.7 Å². The fourth-order valence-electron chi connectivity index (χ4n) is 2.31. The lowest BCUT2D eigenvalue weighted by Crippen LogP contribution is -1.97. The average molecular weight is 360 g/mol. The quantitative estimate of drug-likeness (QED) is 0.692. The van der Waals surface area contributed by atoms with Crippen molar-refractivity contribution in [2.75, 3.05) is 7.11 Å². The van der Waals surface area contributed by atoms with Gasteiger partial charge in [-0.1, -0.05) is 22.0 Å². The van der Waals surface area contributed by atoms with E-state index >= 15 is 0 Å². The van der Waals surface area contributed by atoms with E-state index in [0.29, 0.717) is 16.1 Å². The summed E-state index contributed by atoms with van der Waals surface area (Å²) in [5, 5.41) is 9.35. The van der Waals surface area contributed by atoms with Crippen LogP contribution >= 0.6 is 28.1 Å². The highest BCUT2D eigenvalue weighted by Crippen LogP contribution is 2.29. The number of ether oxygens (including phenoxy) is 1. The second-order valence-corrected chi connectivity index (χ2v) is 5.70. The maximum atomic E-state index is 9.35. The zero-order valence-corrected chi connectivity index (χ0v) is 13.5. The molecule has 3 rings (SSSR count). The van der Waals surface area contributed by atoms with Crippen molar-refractivity contribution in [1.82, 2.24) is 9.55 Å². The van der Waals surface area contributed by atoms with Crippen LogP contribution in [-0.2, 0) is 0 Å². The van der Waals surface area contributed by atoms with Gasteiger partial charge >= 0.3 is 0 Å². The van der Waals surface area contributed by atoms with Gasteiger partial charge in [-0.15, -0.1) is 0 Å². The van der Waals surface area contributed by atoms with Crippen LogP contribution in [0.2, 0.25) is 0 Å². The van der Waals surface area contributed by atoms with Gasteiger partial charge in [0.2, 0.25) is 0 Å². The molecule has 0 amide bonds. The van der Waals surface area contributed by atoms with E-state index in [1.165, 1.54) is 0 Å². The van der Waals surface area contributed by atoms with Crippen LogP contribution in [0.4, 0.5) is 0 Å². The van der Waals surface area contributed by atoms with E-state index < -0.39 is 0 Å². The lowest BCUT2D eigenvalue weighted by atomic mass is 10.2. The molecule has 21 heavy (non-hydrogen) atoms. The predicted octanol–water partition coefficient (Wildman–Crippen LogP) is 4.33. The third kappa shape index (κ3) is 2.24. The van der Waals surface area contributed by atoms with E-state index in [0.717, 1.165) is 21.2 Å². The minimum absolute atomic E-state index is 0.522. The van der Waals surface area contributed by atoms with E-state index in [1.54, 1.807) is 13.2 Å². The molecule has 1 N–H and O–H groups in total. The number of aromatic amines is 1. The van der Waals surface area contributed by atoms with Crippen molar-refractivity contribution in [3.63, 3.8) is 0 Å². The summed E-state index contributed by atoms with van der Waals surface area (Å²) in [7, 11) is 1.61. The van der Waals surface area contributed by atoms with Gasteiger partial charge in [-0.3, -0.25) is 4.57 Å². The Kier molecular flexibility index (Phi) is 3.53. The Bertz CT molecular complexity index is 936. The van der Waals surface area contributed by atoms with Crippen LogP contribution < -0.4 is 4.74 Å². The third-order valence-electron chi connectivity index (χ3n) is 3.22. The molecule has 2 aromatic carbocycles. The molecule has 0 atom stereocenters. The number of fused-ring (bicyclic) bond motifs is 1. The van der Waals surface area contributed by atoms with Crippen molar-refractivity contribution in [2.24, 2.45) is 0 Å². The summed E-state index contributed by atoms with van der Waals surface area (Å²) in [6.45, 7) is 0. The number of H-pyrrole nitrogens is 1. The summed E-state index contributed by atoms with van der Waals surface area (Å²) in [5.41, 5.74) is 2.98. The number of rotatable bonds is 2. The second-order valence-electron chi connectivity index (χ2n) is 4.39. The van der Waals surface area contributed by atoms with Gasteiger partial charge in [-0.2, -0.15) is 5.26 Å². The Morgan fingerprint density at radius 1 is 1.33 bits per heavy atom. The Morgan fingerprint density at radius 3 is 2.86 bits per heavy atom. The lowest BCUT2D eigenvalue weighted by molar-refractivity contribution is 0.419. The molecule has 1 aromatic heterocycles. The van der Waals surface area contributed by atoms with Crippen molar-refractivity contribution in [3.05, 3.63) is 51.2 Å². The van der Waals surface area contributed by atoms with Crippen molar-refractivity contribution in [1.29, 1.82) is 5.26 Å². The summed E-state index contributed by atoms with van der Waals surface area (Å²) < 4.78 is 8.56. The minimum Gasteiger partial charge on any atom is -0.494 e. The number of aromatic nitrogens is 2. The van der Waals surface area contributed by atoms with Crippen LogP contribution in [0.15, 0.2) is 40.9 Å². The van der Waals surface area contributed by atoms with Crippen molar-refractivity contribution in [2.45, 2.75) is 0 Å². The molecule has 0 radical (unpaired) electrons. The van der Waals surface area contributed by atoms with E-state index in [4.69, 9.17) is 17.0 Å².